The summed E-state index contributed by atoms with van der Waals surface area (Å²) in [6.07, 6.45) is 1.44. The molecule has 18 heavy (non-hydrogen) atoms. The third-order valence-corrected chi connectivity index (χ3v) is 2.87. The molecular formula is C12H15BrN2O3. The van der Waals surface area contributed by atoms with Crippen molar-refractivity contribution in [2.75, 3.05) is 7.11 Å². The number of nitrogens with zero attached hydrogens (tertiary/aromatic N) is 1. The maximum atomic E-state index is 11.9. The Labute approximate surface area is 114 Å². The predicted octanol–water partition coefficient (Wildman–Crippen LogP) is 1.77. The highest BCUT2D eigenvalue weighted by Crippen LogP contribution is 2.08. The second-order valence-electron chi connectivity index (χ2n) is 4.09. The molecule has 1 rings (SSSR count). The van der Waals surface area contributed by atoms with Crippen LogP contribution in [0.15, 0.2) is 22.9 Å². The number of nitrogens with one attached hydrogen (secondary N) is 1. The zero-order chi connectivity index (χ0) is 13.7. The van der Waals surface area contributed by atoms with Crippen molar-refractivity contribution >= 4 is 27.8 Å². The molecule has 1 unspecified atom stereocenters. The minimum Gasteiger partial charge on any atom is -0.467 e. The molecule has 1 amide bonds. The van der Waals surface area contributed by atoms with Crippen LogP contribution in [0, 0.1) is 5.92 Å². The summed E-state index contributed by atoms with van der Waals surface area (Å²) in [6.45, 7) is 3.67. The Bertz CT molecular complexity index is 431. The Morgan fingerprint density at radius 1 is 1.39 bits per heavy atom. The lowest BCUT2D eigenvalue weighted by atomic mass is 10.0. The van der Waals surface area contributed by atoms with Crippen molar-refractivity contribution < 1.29 is 14.3 Å². The van der Waals surface area contributed by atoms with Crippen molar-refractivity contribution in [2.45, 2.75) is 19.9 Å². The Kier molecular flexibility index (Phi) is 5.27. The summed E-state index contributed by atoms with van der Waals surface area (Å²) in [6, 6.07) is 2.63. The second kappa shape index (κ2) is 6.49. The minimum atomic E-state index is -0.661. The molecule has 0 aliphatic carbocycles. The van der Waals surface area contributed by atoms with E-state index in [0.29, 0.717) is 10.2 Å². The fourth-order valence-electron chi connectivity index (χ4n) is 1.36. The Balaban J connectivity index is 2.78. The van der Waals surface area contributed by atoms with Gasteiger partial charge >= 0.3 is 5.97 Å². The summed E-state index contributed by atoms with van der Waals surface area (Å²) >= 11 is 3.19. The molecule has 0 aliphatic rings. The summed E-state index contributed by atoms with van der Waals surface area (Å²) in [7, 11) is 1.30. The number of carbonyl (C=O) groups is 2. The first kappa shape index (κ1) is 14.6. The zero-order valence-corrected chi connectivity index (χ0v) is 12.0. The number of ether oxygens (including phenoxy) is 1. The SMILES string of the molecule is COC(=O)C(NC(=O)c1ccc(Br)nc1)C(C)C. The number of esters is 1. The highest BCUT2D eigenvalue weighted by molar-refractivity contribution is 9.10. The van der Waals surface area contributed by atoms with E-state index >= 15 is 0 Å². The van der Waals surface area contributed by atoms with Crippen LogP contribution in [0.3, 0.4) is 0 Å². The number of pyridine rings is 1. The Morgan fingerprint density at radius 2 is 2.06 bits per heavy atom. The van der Waals surface area contributed by atoms with Crippen molar-refractivity contribution in [2.24, 2.45) is 5.92 Å². The van der Waals surface area contributed by atoms with Crippen molar-refractivity contribution in [3.05, 3.63) is 28.5 Å². The molecule has 1 heterocycles. The van der Waals surface area contributed by atoms with Crippen LogP contribution in [0.4, 0.5) is 0 Å². The average Bonchev–Trinajstić information content (AvgIpc) is 2.35. The maximum Gasteiger partial charge on any atom is 0.328 e. The van der Waals surface area contributed by atoms with Gasteiger partial charge < -0.3 is 10.1 Å². The van der Waals surface area contributed by atoms with E-state index in [1.165, 1.54) is 13.3 Å². The molecule has 0 radical (unpaired) electrons. The number of amides is 1. The molecule has 0 saturated heterocycles. The first-order chi connectivity index (χ1) is 8.45. The molecule has 0 fully saturated rings. The van der Waals surface area contributed by atoms with Gasteiger partial charge in [0.05, 0.1) is 12.7 Å². The van der Waals surface area contributed by atoms with Crippen LogP contribution in [0.25, 0.3) is 0 Å². The summed E-state index contributed by atoms with van der Waals surface area (Å²) in [5.41, 5.74) is 0.396. The molecule has 0 aromatic carbocycles. The molecule has 1 atom stereocenters. The van der Waals surface area contributed by atoms with E-state index in [1.54, 1.807) is 12.1 Å². The van der Waals surface area contributed by atoms with Crippen molar-refractivity contribution in [1.29, 1.82) is 0 Å². The van der Waals surface area contributed by atoms with Gasteiger partial charge in [0.2, 0.25) is 0 Å². The van der Waals surface area contributed by atoms with E-state index in [0.717, 1.165) is 0 Å². The average molecular weight is 315 g/mol. The maximum absolute atomic E-state index is 11.9. The van der Waals surface area contributed by atoms with Gasteiger partial charge in [-0.3, -0.25) is 4.79 Å². The van der Waals surface area contributed by atoms with Crippen molar-refractivity contribution in [3.8, 4) is 0 Å². The minimum absolute atomic E-state index is 0.0511. The van der Waals surface area contributed by atoms with Gasteiger partial charge in [0.1, 0.15) is 10.6 Å². The van der Waals surface area contributed by atoms with Crippen molar-refractivity contribution in [1.82, 2.24) is 10.3 Å². The van der Waals surface area contributed by atoms with E-state index < -0.39 is 12.0 Å². The third kappa shape index (κ3) is 3.80. The van der Waals surface area contributed by atoms with Gasteiger partial charge in [0.15, 0.2) is 0 Å². The topological polar surface area (TPSA) is 68.3 Å². The van der Waals surface area contributed by atoms with Gasteiger partial charge in [0, 0.05) is 6.20 Å². The van der Waals surface area contributed by atoms with E-state index in [9.17, 15) is 9.59 Å². The smallest absolute Gasteiger partial charge is 0.328 e. The first-order valence-electron chi connectivity index (χ1n) is 5.46. The van der Waals surface area contributed by atoms with E-state index in [1.807, 2.05) is 13.8 Å². The molecule has 0 aliphatic heterocycles. The van der Waals surface area contributed by atoms with Crippen LogP contribution in [0.1, 0.15) is 24.2 Å². The summed E-state index contributed by atoms with van der Waals surface area (Å²) in [5.74, 6) is -0.854. The highest BCUT2D eigenvalue weighted by Gasteiger charge is 2.25. The van der Waals surface area contributed by atoms with Gasteiger partial charge in [-0.05, 0) is 34.0 Å². The fraction of sp³-hybridized carbons (Fsp3) is 0.417. The standard InChI is InChI=1S/C12H15BrN2O3/c1-7(2)10(12(17)18-3)15-11(16)8-4-5-9(13)14-6-8/h4-7,10H,1-3H3,(H,15,16). The number of carbonyl (C=O) groups excluding carboxylic acids is 2. The lowest BCUT2D eigenvalue weighted by molar-refractivity contribution is -0.144. The Hall–Kier alpha value is -1.43. The van der Waals surface area contributed by atoms with Gasteiger partial charge in [-0.15, -0.1) is 0 Å². The number of rotatable bonds is 4. The molecule has 0 saturated carbocycles. The van der Waals surface area contributed by atoms with E-state index in [2.05, 4.69) is 31.0 Å². The number of methoxy groups -OCH3 is 1. The number of aromatic nitrogens is 1. The largest absolute Gasteiger partial charge is 0.467 e. The molecule has 6 heteroatoms. The molecule has 1 aromatic rings. The molecule has 98 valence electrons. The number of hydrogen-bond acceptors (Lipinski definition) is 4. The monoisotopic (exact) mass is 314 g/mol. The van der Waals surface area contributed by atoms with Crippen LogP contribution in [0.2, 0.25) is 0 Å². The molecular weight excluding hydrogens is 300 g/mol. The molecule has 0 spiro atoms. The summed E-state index contributed by atoms with van der Waals surface area (Å²) in [4.78, 5) is 27.4. The predicted molar refractivity (Wildman–Crippen MR) is 70.0 cm³/mol. The zero-order valence-electron chi connectivity index (χ0n) is 10.4. The van der Waals surface area contributed by atoms with E-state index in [4.69, 9.17) is 0 Å². The van der Waals surface area contributed by atoms with Gasteiger partial charge in [-0.2, -0.15) is 0 Å². The molecule has 1 aromatic heterocycles. The third-order valence-electron chi connectivity index (χ3n) is 2.40. The van der Waals surface area contributed by atoms with Crippen LogP contribution >= 0.6 is 15.9 Å². The van der Waals surface area contributed by atoms with Gasteiger partial charge in [-0.1, -0.05) is 13.8 Å². The van der Waals surface area contributed by atoms with Crippen LogP contribution in [-0.2, 0) is 9.53 Å². The van der Waals surface area contributed by atoms with Crippen LogP contribution in [0.5, 0.6) is 0 Å². The number of hydrogen-bond donors (Lipinski definition) is 1. The summed E-state index contributed by atoms with van der Waals surface area (Å²) in [5, 5.41) is 2.63. The van der Waals surface area contributed by atoms with E-state index in [-0.39, 0.29) is 11.8 Å². The Morgan fingerprint density at radius 3 is 2.50 bits per heavy atom. The van der Waals surface area contributed by atoms with Gasteiger partial charge in [0.25, 0.3) is 5.91 Å². The second-order valence-corrected chi connectivity index (χ2v) is 4.90. The first-order valence-corrected chi connectivity index (χ1v) is 6.25. The fourth-order valence-corrected chi connectivity index (χ4v) is 1.59. The summed E-state index contributed by atoms with van der Waals surface area (Å²) < 4.78 is 5.30. The molecule has 5 nitrogen and oxygen atoms in total. The normalized spacial score (nSPS) is 12.1. The van der Waals surface area contributed by atoms with Gasteiger partial charge in [-0.25, -0.2) is 9.78 Å². The lowest BCUT2D eigenvalue weighted by Gasteiger charge is -2.19. The van der Waals surface area contributed by atoms with Crippen LogP contribution < -0.4 is 5.32 Å². The number of halogens is 1. The highest BCUT2D eigenvalue weighted by atomic mass is 79.9. The quantitative estimate of drug-likeness (QED) is 0.679. The van der Waals surface area contributed by atoms with Crippen LogP contribution in [-0.4, -0.2) is 30.0 Å². The lowest BCUT2D eigenvalue weighted by Crippen LogP contribution is -2.45. The molecule has 0 bridgehead atoms. The van der Waals surface area contributed by atoms with Crippen molar-refractivity contribution in [3.63, 3.8) is 0 Å². The molecule has 1 N–H and O–H groups in total.